The number of thioether (sulfide) groups is 3. The lowest BCUT2D eigenvalue weighted by Crippen LogP contribution is -2.42. The first-order chi connectivity index (χ1) is 45.8. The van der Waals surface area contributed by atoms with Crippen molar-refractivity contribution in [1.29, 1.82) is 0 Å². The normalized spacial score (nSPS) is 16.6. The quantitative estimate of drug-likeness (QED) is 0.0438. The number of hydrogen-bond donors (Lipinski definition) is 0. The number of aldehydes is 1. The highest BCUT2D eigenvalue weighted by atomic mass is 35.5. The molecule has 0 bridgehead atoms. The molecule has 23 nitrogen and oxygen atoms in total. The third-order valence-corrected chi connectivity index (χ3v) is 22.4. The van der Waals surface area contributed by atoms with Gasteiger partial charge >= 0.3 is 24.4 Å². The third kappa shape index (κ3) is 27.5. The van der Waals surface area contributed by atoms with E-state index in [0.29, 0.717) is 91.1 Å². The standard InChI is InChI=1S/C16H24ClF2N3O4S.C16H24ClF2N3O2S.C16H25F2N3O2S.C16H25N3O3S/c1-16(2,3)26-15(23)22-7-5-10(6-8-22)9-27(24,25)12-11(14(18)19)20-21(4)13(12)17;1-16(2,3)24-15(23)22-7-5-10(6-8-22)9-25-12-11(14(18)19)20-21(4)13(12)17;1-16(2,3)23-15(22)21-7-5-11(6-8-21)10-24-12-9-20(4)19-13(12)14(17)18;1-16(2,3)22-15(21)19-7-5-12(6-8-19)11-23-14-9-18(4)17-13(14)10-20/h10,14H,5-9H2,1-4H3;10,14H,5-9H2,1-4H3;9,11,14H,5-8,10H2,1-4H3;9-10,12H,5-8,11H2,1-4H3. The van der Waals surface area contributed by atoms with E-state index in [2.05, 4.69) is 20.4 Å². The van der Waals surface area contributed by atoms with Crippen molar-refractivity contribution in [3.8, 4) is 0 Å². The maximum Gasteiger partial charge on any atom is 0.410 e. The summed E-state index contributed by atoms with van der Waals surface area (Å²) in [6.07, 6.45) is 0.968. The Labute approximate surface area is 600 Å². The van der Waals surface area contributed by atoms with Gasteiger partial charge in [0, 0.05) is 110 Å². The number of hydrogen-bond acceptors (Lipinski definition) is 18. The SMILES string of the molecule is Cn1cc(SCC2CCN(C(=O)OC(C)(C)C)CC2)c(C(F)F)n1.Cn1cc(SCC2CCN(C(=O)OC(C)(C)C)CC2)c(C=O)n1.Cn1nc(C(F)F)c(S(=O)(=O)CC2CCN(C(=O)OC(C)(C)C)CC2)c1Cl.Cn1nc(C(F)F)c(SCC2CCN(C(=O)OC(C)(C)C)CC2)c1Cl. The van der Waals surface area contributed by atoms with Crippen LogP contribution in [-0.2, 0) is 57.0 Å². The molecule has 0 saturated carbocycles. The van der Waals surface area contributed by atoms with Crippen molar-refractivity contribution >= 4 is 99.0 Å². The highest BCUT2D eigenvalue weighted by Gasteiger charge is 2.37. The smallest absolute Gasteiger partial charge is 0.410 e. The van der Waals surface area contributed by atoms with Crippen LogP contribution in [0.15, 0.2) is 32.0 Å². The van der Waals surface area contributed by atoms with E-state index in [1.54, 1.807) is 72.2 Å². The van der Waals surface area contributed by atoms with Gasteiger partial charge in [-0.1, -0.05) is 23.2 Å². The van der Waals surface area contributed by atoms with Crippen molar-refractivity contribution in [2.45, 2.75) is 196 Å². The van der Waals surface area contributed by atoms with Crippen molar-refractivity contribution in [2.24, 2.45) is 51.9 Å². The molecule has 560 valence electrons. The van der Waals surface area contributed by atoms with Gasteiger partial charge in [0.2, 0.25) is 0 Å². The first-order valence-electron chi connectivity index (χ1n) is 32.7. The van der Waals surface area contributed by atoms with E-state index >= 15 is 0 Å². The predicted molar refractivity (Wildman–Crippen MR) is 369 cm³/mol. The fraction of sp³-hybridized carbons (Fsp3) is 0.734. The molecular weight excluding hydrogens is 1430 g/mol. The molecule has 0 aromatic carbocycles. The van der Waals surface area contributed by atoms with Crippen LogP contribution in [0.25, 0.3) is 0 Å². The number of nitrogens with zero attached hydrogens (tertiary/aromatic N) is 12. The van der Waals surface area contributed by atoms with Gasteiger partial charge in [0.1, 0.15) is 60.4 Å². The summed E-state index contributed by atoms with van der Waals surface area (Å²) in [5.41, 5.74) is -2.78. The molecule has 0 unspecified atom stereocenters. The van der Waals surface area contributed by atoms with Crippen molar-refractivity contribution in [3.05, 3.63) is 45.5 Å². The number of ether oxygens (including phenoxy) is 4. The first-order valence-corrected chi connectivity index (χ1v) is 38.0. The Morgan fingerprint density at radius 2 is 0.798 bits per heavy atom. The summed E-state index contributed by atoms with van der Waals surface area (Å²) in [6, 6.07) is 0. The lowest BCUT2D eigenvalue weighted by atomic mass is 9.99. The molecule has 8 rings (SSSR count). The van der Waals surface area contributed by atoms with Crippen molar-refractivity contribution in [3.63, 3.8) is 0 Å². The molecule has 4 aliphatic heterocycles. The van der Waals surface area contributed by atoms with Crippen molar-refractivity contribution in [2.75, 3.05) is 75.4 Å². The number of alkyl halides is 6. The number of amides is 4. The summed E-state index contributed by atoms with van der Waals surface area (Å²) >= 11 is 16.4. The Bertz CT molecular complexity index is 3410. The van der Waals surface area contributed by atoms with Crippen LogP contribution in [-0.4, -0.2) is 196 Å². The van der Waals surface area contributed by atoms with E-state index in [-0.39, 0.29) is 51.6 Å². The number of carbonyl (C=O) groups excluding carboxylic acids is 5. The van der Waals surface area contributed by atoms with E-state index in [9.17, 15) is 58.7 Å². The summed E-state index contributed by atoms with van der Waals surface area (Å²) < 4.78 is 130. The zero-order valence-corrected chi connectivity index (χ0v) is 64.2. The second-order valence-corrected chi connectivity index (χ2v) is 34.6. The van der Waals surface area contributed by atoms with Gasteiger partial charge in [0.25, 0.3) is 19.3 Å². The number of likely N-dealkylation sites (tertiary alicyclic amines) is 4. The predicted octanol–water partition coefficient (Wildman–Crippen LogP) is 15.3. The number of piperidine rings is 4. The fourth-order valence-corrected chi connectivity index (χ4v) is 17.1. The number of halogens is 8. The first kappa shape index (κ1) is 84.4. The van der Waals surface area contributed by atoms with Crippen LogP contribution in [0.3, 0.4) is 0 Å². The average molecular weight is 1520 g/mol. The Balaban J connectivity index is 0.000000239. The minimum atomic E-state index is -4.04. The monoisotopic (exact) mass is 1520 g/mol. The molecule has 99 heavy (non-hydrogen) atoms. The second kappa shape index (κ2) is 36.8. The molecule has 4 aliphatic rings. The number of aromatic nitrogens is 8. The van der Waals surface area contributed by atoms with Crippen LogP contribution in [0.5, 0.6) is 0 Å². The van der Waals surface area contributed by atoms with E-state index in [0.717, 1.165) is 79.0 Å². The molecule has 0 atom stereocenters. The lowest BCUT2D eigenvalue weighted by molar-refractivity contribution is 0.0180. The maximum absolute atomic E-state index is 13.1. The molecule has 0 aliphatic carbocycles. The molecule has 0 radical (unpaired) electrons. The molecule has 4 amide bonds. The van der Waals surface area contributed by atoms with Gasteiger partial charge in [-0.15, -0.1) is 35.3 Å². The summed E-state index contributed by atoms with van der Waals surface area (Å²) in [6.45, 7) is 26.7. The lowest BCUT2D eigenvalue weighted by Gasteiger charge is -2.33. The minimum absolute atomic E-state index is 0.145. The summed E-state index contributed by atoms with van der Waals surface area (Å²) in [5.74, 6) is 3.06. The molecule has 4 aromatic heterocycles. The van der Waals surface area contributed by atoms with Gasteiger partial charge in [0.15, 0.2) is 16.1 Å². The van der Waals surface area contributed by atoms with Crippen molar-refractivity contribution in [1.82, 2.24) is 58.7 Å². The maximum atomic E-state index is 13.1. The van der Waals surface area contributed by atoms with Crippen LogP contribution in [0, 0.1) is 23.7 Å². The molecular formula is C64H98Cl2F6N12O11S4. The van der Waals surface area contributed by atoms with E-state index < -0.39 is 68.2 Å². The average Bonchev–Trinajstić information content (AvgIpc) is 1.64. The molecule has 8 heterocycles. The number of sulfone groups is 1. The second-order valence-electron chi connectivity index (χ2n) is 28.7. The third-order valence-electron chi connectivity index (χ3n) is 15.5. The number of aryl methyl sites for hydroxylation is 4. The fourth-order valence-electron chi connectivity index (χ4n) is 10.6. The van der Waals surface area contributed by atoms with Crippen LogP contribution < -0.4 is 0 Å². The van der Waals surface area contributed by atoms with Crippen LogP contribution in [0.2, 0.25) is 10.3 Å². The molecule has 0 N–H and O–H groups in total. The highest BCUT2D eigenvalue weighted by Crippen LogP contribution is 2.39. The van der Waals surface area contributed by atoms with Crippen LogP contribution in [0.4, 0.5) is 45.5 Å². The minimum Gasteiger partial charge on any atom is -0.444 e. The Morgan fingerprint density at radius 3 is 1.15 bits per heavy atom. The summed E-state index contributed by atoms with van der Waals surface area (Å²) in [4.78, 5) is 67.1. The van der Waals surface area contributed by atoms with Gasteiger partial charge in [-0.3, -0.25) is 23.5 Å². The molecule has 35 heteroatoms. The Morgan fingerprint density at radius 1 is 0.485 bits per heavy atom. The zero-order valence-electron chi connectivity index (χ0n) is 59.4. The Hall–Kier alpha value is -5.25. The summed E-state index contributed by atoms with van der Waals surface area (Å²) in [7, 11) is 2.29. The zero-order chi connectivity index (χ0) is 74.3. The Kier molecular flexibility index (Phi) is 31.3. The number of carbonyl (C=O) groups is 5. The van der Waals surface area contributed by atoms with Gasteiger partial charge in [-0.2, -0.15) is 20.4 Å². The van der Waals surface area contributed by atoms with Gasteiger partial charge in [-0.05, 0) is 158 Å². The van der Waals surface area contributed by atoms with E-state index in [4.69, 9.17) is 42.1 Å². The van der Waals surface area contributed by atoms with E-state index in [1.807, 2.05) is 75.6 Å². The largest absolute Gasteiger partial charge is 0.444 e. The summed E-state index contributed by atoms with van der Waals surface area (Å²) in [5, 5.41) is 15.2. The van der Waals surface area contributed by atoms with E-state index in [1.165, 1.54) is 44.8 Å². The molecule has 4 fully saturated rings. The number of rotatable bonds is 16. The highest BCUT2D eigenvalue weighted by molar-refractivity contribution is 7.99. The van der Waals surface area contributed by atoms with Gasteiger partial charge < -0.3 is 38.5 Å². The molecule has 4 saturated heterocycles. The topological polar surface area (TPSA) is 241 Å². The molecule has 4 aromatic rings. The molecule has 0 spiro atoms. The van der Waals surface area contributed by atoms with Crippen LogP contribution in [0.1, 0.15) is 181 Å². The van der Waals surface area contributed by atoms with Crippen LogP contribution >= 0.6 is 58.5 Å². The van der Waals surface area contributed by atoms with Gasteiger partial charge in [-0.25, -0.2) is 53.9 Å². The van der Waals surface area contributed by atoms with Gasteiger partial charge in [0.05, 0.1) is 20.4 Å². The van der Waals surface area contributed by atoms with Crippen molar-refractivity contribution < 1.29 is 77.7 Å².